The Morgan fingerprint density at radius 2 is 1.96 bits per heavy atom. The number of hydrogen-bond donors (Lipinski definition) is 0. The van der Waals surface area contributed by atoms with Crippen LogP contribution < -0.4 is 9.47 Å². The molecule has 0 spiro atoms. The first-order chi connectivity index (χ1) is 13.7. The molecule has 2 aromatic carbocycles. The summed E-state index contributed by atoms with van der Waals surface area (Å²) in [4.78, 5) is 19.3. The first-order valence-electron chi connectivity index (χ1n) is 9.04. The molecule has 2 heterocycles. The molecule has 0 atom stereocenters. The molecule has 7 heteroatoms. The Hall–Kier alpha value is -2.57. The molecule has 28 heavy (non-hydrogen) atoms. The molecular weight excluding hydrogens is 396 g/mol. The minimum atomic E-state index is -0.103. The van der Waals surface area contributed by atoms with Gasteiger partial charge in [0.1, 0.15) is 23.9 Å². The van der Waals surface area contributed by atoms with E-state index in [1.165, 1.54) is 11.3 Å². The molecule has 0 aliphatic carbocycles. The Labute approximate surface area is 172 Å². The van der Waals surface area contributed by atoms with Gasteiger partial charge in [-0.1, -0.05) is 35.9 Å². The van der Waals surface area contributed by atoms with Gasteiger partial charge in [-0.25, -0.2) is 4.98 Å². The Morgan fingerprint density at radius 3 is 2.75 bits per heavy atom. The average molecular weight is 415 g/mol. The van der Waals surface area contributed by atoms with Crippen LogP contribution in [0, 0.1) is 0 Å². The maximum absolute atomic E-state index is 13.0. The lowest BCUT2D eigenvalue weighted by Crippen LogP contribution is -2.31. The van der Waals surface area contributed by atoms with E-state index < -0.39 is 0 Å². The maximum Gasteiger partial charge on any atom is 0.273 e. The number of fused-ring (bicyclic) bond motifs is 1. The van der Waals surface area contributed by atoms with Gasteiger partial charge in [0.2, 0.25) is 0 Å². The summed E-state index contributed by atoms with van der Waals surface area (Å²) >= 11 is 7.39. The predicted octanol–water partition coefficient (Wildman–Crippen LogP) is 4.90. The van der Waals surface area contributed by atoms with Crippen LogP contribution in [-0.4, -0.2) is 35.5 Å². The zero-order valence-electron chi connectivity index (χ0n) is 15.4. The smallest absolute Gasteiger partial charge is 0.273 e. The largest absolute Gasteiger partial charge is 0.486 e. The first kappa shape index (κ1) is 18.8. The van der Waals surface area contributed by atoms with Crippen molar-refractivity contribution in [3.63, 3.8) is 0 Å². The highest BCUT2D eigenvalue weighted by Crippen LogP contribution is 2.34. The average Bonchev–Trinajstić information content (AvgIpc) is 3.22. The SMILES string of the molecule is CCN(Cc1cccc2c1OCCO2)C(=O)c1csc(-c2ccc(Cl)cc2)n1. The van der Waals surface area contributed by atoms with Gasteiger partial charge in [0, 0.05) is 34.6 Å². The number of rotatable bonds is 5. The van der Waals surface area contributed by atoms with E-state index in [4.69, 9.17) is 21.1 Å². The number of para-hydroxylation sites is 1. The van der Waals surface area contributed by atoms with Gasteiger partial charge < -0.3 is 14.4 Å². The number of aromatic nitrogens is 1. The zero-order chi connectivity index (χ0) is 19.5. The van der Waals surface area contributed by atoms with Gasteiger partial charge in [0.05, 0.1) is 0 Å². The molecule has 1 amide bonds. The van der Waals surface area contributed by atoms with E-state index in [1.54, 1.807) is 10.3 Å². The number of hydrogen-bond acceptors (Lipinski definition) is 5. The second-order valence-electron chi connectivity index (χ2n) is 6.31. The number of halogens is 1. The van der Waals surface area contributed by atoms with Crippen molar-refractivity contribution >= 4 is 28.8 Å². The van der Waals surface area contributed by atoms with E-state index in [0.29, 0.717) is 37.0 Å². The van der Waals surface area contributed by atoms with Crippen LogP contribution in [0.4, 0.5) is 0 Å². The lowest BCUT2D eigenvalue weighted by atomic mass is 10.1. The van der Waals surface area contributed by atoms with E-state index in [0.717, 1.165) is 27.6 Å². The molecule has 4 rings (SSSR count). The number of carbonyl (C=O) groups is 1. The van der Waals surface area contributed by atoms with Crippen molar-refractivity contribution in [2.45, 2.75) is 13.5 Å². The molecule has 144 valence electrons. The topological polar surface area (TPSA) is 51.7 Å². The first-order valence-corrected chi connectivity index (χ1v) is 10.3. The summed E-state index contributed by atoms with van der Waals surface area (Å²) in [5, 5.41) is 3.27. The van der Waals surface area contributed by atoms with Gasteiger partial charge in [0.25, 0.3) is 5.91 Å². The van der Waals surface area contributed by atoms with Gasteiger partial charge >= 0.3 is 0 Å². The second kappa shape index (κ2) is 8.20. The summed E-state index contributed by atoms with van der Waals surface area (Å²) in [6.45, 7) is 4.02. The van der Waals surface area contributed by atoms with E-state index in [1.807, 2.05) is 49.4 Å². The zero-order valence-corrected chi connectivity index (χ0v) is 16.9. The van der Waals surface area contributed by atoms with Crippen LogP contribution in [0.1, 0.15) is 23.0 Å². The Bertz CT molecular complexity index is 988. The highest BCUT2D eigenvalue weighted by molar-refractivity contribution is 7.13. The molecule has 0 bridgehead atoms. The molecule has 5 nitrogen and oxygen atoms in total. The van der Waals surface area contributed by atoms with E-state index in [-0.39, 0.29) is 5.91 Å². The summed E-state index contributed by atoms with van der Waals surface area (Å²) in [5.74, 6) is 1.35. The van der Waals surface area contributed by atoms with E-state index >= 15 is 0 Å². The van der Waals surface area contributed by atoms with E-state index in [2.05, 4.69) is 4.98 Å². The number of thiazole rings is 1. The molecule has 3 aromatic rings. The van der Waals surface area contributed by atoms with Crippen molar-refractivity contribution < 1.29 is 14.3 Å². The second-order valence-corrected chi connectivity index (χ2v) is 7.60. The maximum atomic E-state index is 13.0. The third kappa shape index (κ3) is 3.84. The van der Waals surface area contributed by atoms with Crippen LogP contribution in [0.25, 0.3) is 10.6 Å². The molecular formula is C21H19ClN2O3S. The van der Waals surface area contributed by atoms with Crippen molar-refractivity contribution in [3.05, 3.63) is 64.1 Å². The molecule has 1 aliphatic rings. The molecule has 1 aromatic heterocycles. The van der Waals surface area contributed by atoms with Crippen LogP contribution in [0.2, 0.25) is 5.02 Å². The number of carbonyl (C=O) groups excluding carboxylic acids is 1. The third-order valence-corrected chi connectivity index (χ3v) is 5.64. The van der Waals surface area contributed by atoms with E-state index in [9.17, 15) is 4.79 Å². The molecule has 0 unspecified atom stereocenters. The fourth-order valence-electron chi connectivity index (χ4n) is 3.05. The highest BCUT2D eigenvalue weighted by atomic mass is 35.5. The Balaban J connectivity index is 1.54. The van der Waals surface area contributed by atoms with Crippen LogP contribution in [-0.2, 0) is 6.54 Å². The van der Waals surface area contributed by atoms with Crippen LogP contribution in [0.5, 0.6) is 11.5 Å². The number of amides is 1. The van der Waals surface area contributed by atoms with Crippen molar-refractivity contribution in [2.24, 2.45) is 0 Å². The van der Waals surface area contributed by atoms with Crippen LogP contribution in [0.15, 0.2) is 47.8 Å². The number of benzene rings is 2. The lowest BCUT2D eigenvalue weighted by Gasteiger charge is -2.25. The quantitative estimate of drug-likeness (QED) is 0.596. The van der Waals surface area contributed by atoms with Crippen LogP contribution in [0.3, 0.4) is 0 Å². The summed E-state index contributed by atoms with van der Waals surface area (Å²) < 4.78 is 11.4. The molecule has 0 N–H and O–H groups in total. The summed E-state index contributed by atoms with van der Waals surface area (Å²) in [6.07, 6.45) is 0. The van der Waals surface area contributed by atoms with Crippen molar-refractivity contribution in [1.82, 2.24) is 9.88 Å². The van der Waals surface area contributed by atoms with Crippen molar-refractivity contribution in [2.75, 3.05) is 19.8 Å². The minimum Gasteiger partial charge on any atom is -0.486 e. The van der Waals surface area contributed by atoms with Crippen LogP contribution >= 0.6 is 22.9 Å². The number of nitrogens with zero attached hydrogens (tertiary/aromatic N) is 2. The molecule has 0 fully saturated rings. The van der Waals surface area contributed by atoms with Crippen molar-refractivity contribution in [1.29, 1.82) is 0 Å². The van der Waals surface area contributed by atoms with Gasteiger partial charge in [-0.3, -0.25) is 4.79 Å². The number of ether oxygens (including phenoxy) is 2. The third-order valence-electron chi connectivity index (χ3n) is 4.49. The van der Waals surface area contributed by atoms with Gasteiger partial charge in [-0.05, 0) is 25.1 Å². The predicted molar refractivity (Wildman–Crippen MR) is 110 cm³/mol. The monoisotopic (exact) mass is 414 g/mol. The molecule has 0 saturated carbocycles. The minimum absolute atomic E-state index is 0.103. The standard InChI is InChI=1S/C21H19ClN2O3S/c1-2-24(12-15-4-3-5-18-19(15)27-11-10-26-18)21(25)17-13-28-20(23-17)14-6-8-16(22)9-7-14/h3-9,13H,2,10-12H2,1H3. The fraction of sp³-hybridized carbons (Fsp3) is 0.238. The van der Waals surface area contributed by atoms with Crippen molar-refractivity contribution in [3.8, 4) is 22.1 Å². The summed E-state index contributed by atoms with van der Waals surface area (Å²) in [6, 6.07) is 13.2. The molecule has 1 aliphatic heterocycles. The fourth-order valence-corrected chi connectivity index (χ4v) is 3.98. The van der Waals surface area contributed by atoms with Gasteiger partial charge in [0.15, 0.2) is 11.5 Å². The molecule has 0 saturated heterocycles. The Kier molecular flexibility index (Phi) is 5.50. The summed E-state index contributed by atoms with van der Waals surface area (Å²) in [5.41, 5.74) is 2.32. The van der Waals surface area contributed by atoms with Gasteiger partial charge in [-0.15, -0.1) is 11.3 Å². The normalized spacial score (nSPS) is 12.6. The molecule has 0 radical (unpaired) electrons. The Morgan fingerprint density at radius 1 is 1.18 bits per heavy atom. The summed E-state index contributed by atoms with van der Waals surface area (Å²) in [7, 11) is 0. The van der Waals surface area contributed by atoms with Gasteiger partial charge in [-0.2, -0.15) is 0 Å². The lowest BCUT2D eigenvalue weighted by molar-refractivity contribution is 0.0744. The highest BCUT2D eigenvalue weighted by Gasteiger charge is 2.22.